The zero-order valence-electron chi connectivity index (χ0n) is 11.4. The molecule has 1 amide bonds. The first-order valence-corrected chi connectivity index (χ1v) is 6.87. The highest BCUT2D eigenvalue weighted by molar-refractivity contribution is 9.10. The van der Waals surface area contributed by atoms with Crippen LogP contribution in [-0.2, 0) is 0 Å². The van der Waals surface area contributed by atoms with Crippen LogP contribution >= 0.6 is 15.9 Å². The number of ether oxygens (including phenoxy) is 1. The number of carbonyl (C=O) groups is 1. The standard InChI is InChI=1S/C13H15BrN4O2/c1-7(2)11-16-12(18-17-11)13(19)15-10-6-8(20-3)4-5-9(10)14/h4-7H,1-3H3,(H,15,19)(H,16,17,18). The van der Waals surface area contributed by atoms with Crippen LogP contribution in [0.2, 0.25) is 0 Å². The fourth-order valence-corrected chi connectivity index (χ4v) is 1.89. The third kappa shape index (κ3) is 3.16. The van der Waals surface area contributed by atoms with E-state index in [0.29, 0.717) is 17.3 Å². The molecule has 0 saturated heterocycles. The molecule has 0 bridgehead atoms. The molecule has 106 valence electrons. The number of H-pyrrole nitrogens is 1. The number of nitrogens with one attached hydrogen (secondary N) is 2. The van der Waals surface area contributed by atoms with Crippen molar-refractivity contribution in [2.45, 2.75) is 19.8 Å². The summed E-state index contributed by atoms with van der Waals surface area (Å²) in [5.41, 5.74) is 0.602. The van der Waals surface area contributed by atoms with E-state index < -0.39 is 0 Å². The number of aromatic nitrogens is 3. The predicted molar refractivity (Wildman–Crippen MR) is 79.1 cm³/mol. The van der Waals surface area contributed by atoms with Crippen LogP contribution in [-0.4, -0.2) is 28.2 Å². The van der Waals surface area contributed by atoms with Crippen LogP contribution in [0.3, 0.4) is 0 Å². The first-order chi connectivity index (χ1) is 9.51. The van der Waals surface area contributed by atoms with Gasteiger partial charge in [0.25, 0.3) is 5.91 Å². The molecular formula is C13H15BrN4O2. The Morgan fingerprint density at radius 1 is 1.45 bits per heavy atom. The molecule has 7 heteroatoms. The van der Waals surface area contributed by atoms with Crippen molar-refractivity contribution in [2.24, 2.45) is 0 Å². The SMILES string of the molecule is COc1ccc(Br)c(NC(=O)c2n[nH]c(C(C)C)n2)c1. The number of halogens is 1. The summed E-state index contributed by atoms with van der Waals surface area (Å²) >= 11 is 3.37. The summed E-state index contributed by atoms with van der Waals surface area (Å²) in [6, 6.07) is 5.31. The fourth-order valence-electron chi connectivity index (χ4n) is 1.54. The molecule has 2 rings (SSSR count). The van der Waals surface area contributed by atoms with Crippen molar-refractivity contribution in [3.8, 4) is 5.75 Å². The molecule has 1 heterocycles. The summed E-state index contributed by atoms with van der Waals surface area (Å²) in [7, 11) is 1.57. The molecular weight excluding hydrogens is 324 g/mol. The Morgan fingerprint density at radius 3 is 2.80 bits per heavy atom. The molecule has 0 aliphatic carbocycles. The van der Waals surface area contributed by atoms with E-state index in [2.05, 4.69) is 36.4 Å². The van der Waals surface area contributed by atoms with Crippen molar-refractivity contribution in [3.05, 3.63) is 34.3 Å². The van der Waals surface area contributed by atoms with Crippen LogP contribution in [0.15, 0.2) is 22.7 Å². The molecule has 0 aliphatic heterocycles. The monoisotopic (exact) mass is 338 g/mol. The van der Waals surface area contributed by atoms with Crippen LogP contribution in [0.5, 0.6) is 5.75 Å². The van der Waals surface area contributed by atoms with Crippen molar-refractivity contribution in [3.63, 3.8) is 0 Å². The van der Waals surface area contributed by atoms with E-state index in [1.165, 1.54) is 0 Å². The van der Waals surface area contributed by atoms with Gasteiger partial charge < -0.3 is 10.1 Å². The molecule has 1 aromatic heterocycles. The second-order valence-electron chi connectivity index (χ2n) is 4.50. The maximum Gasteiger partial charge on any atom is 0.295 e. The maximum atomic E-state index is 12.1. The van der Waals surface area contributed by atoms with Crippen LogP contribution in [0, 0.1) is 0 Å². The van der Waals surface area contributed by atoms with E-state index in [0.717, 1.165) is 4.47 Å². The summed E-state index contributed by atoms with van der Waals surface area (Å²) < 4.78 is 5.88. The lowest BCUT2D eigenvalue weighted by molar-refractivity contribution is 0.101. The lowest BCUT2D eigenvalue weighted by Gasteiger charge is -2.07. The topological polar surface area (TPSA) is 79.9 Å². The van der Waals surface area contributed by atoms with Gasteiger partial charge in [0, 0.05) is 16.5 Å². The van der Waals surface area contributed by atoms with Crippen molar-refractivity contribution in [1.29, 1.82) is 0 Å². The lowest BCUT2D eigenvalue weighted by Crippen LogP contribution is -2.14. The van der Waals surface area contributed by atoms with E-state index in [4.69, 9.17) is 4.74 Å². The van der Waals surface area contributed by atoms with Gasteiger partial charge in [-0.1, -0.05) is 13.8 Å². The fraction of sp³-hybridized carbons (Fsp3) is 0.308. The van der Waals surface area contributed by atoms with Crippen molar-refractivity contribution >= 4 is 27.5 Å². The Hall–Kier alpha value is -1.89. The quantitative estimate of drug-likeness (QED) is 0.898. The molecule has 2 aromatic rings. The van der Waals surface area contributed by atoms with E-state index in [9.17, 15) is 4.79 Å². The molecule has 0 spiro atoms. The third-order valence-electron chi connectivity index (χ3n) is 2.67. The summed E-state index contributed by atoms with van der Waals surface area (Å²) in [5.74, 6) is 1.26. The number of rotatable bonds is 4. The number of anilines is 1. The smallest absolute Gasteiger partial charge is 0.295 e. The van der Waals surface area contributed by atoms with Gasteiger partial charge in [0.05, 0.1) is 12.8 Å². The number of carbonyl (C=O) groups excluding carboxylic acids is 1. The number of nitrogens with zero attached hydrogens (tertiary/aromatic N) is 2. The number of benzene rings is 1. The molecule has 0 saturated carbocycles. The van der Waals surface area contributed by atoms with E-state index in [1.807, 2.05) is 13.8 Å². The Balaban J connectivity index is 2.18. The minimum atomic E-state index is -0.373. The first-order valence-electron chi connectivity index (χ1n) is 6.08. The maximum absolute atomic E-state index is 12.1. The van der Waals surface area contributed by atoms with Crippen LogP contribution < -0.4 is 10.1 Å². The zero-order valence-corrected chi connectivity index (χ0v) is 13.0. The van der Waals surface area contributed by atoms with Gasteiger partial charge in [-0.2, -0.15) is 0 Å². The number of hydrogen-bond donors (Lipinski definition) is 2. The average molecular weight is 339 g/mol. The predicted octanol–water partition coefficient (Wildman–Crippen LogP) is 2.95. The normalized spacial score (nSPS) is 10.7. The molecule has 0 radical (unpaired) electrons. The van der Waals surface area contributed by atoms with Gasteiger partial charge in [-0.3, -0.25) is 9.89 Å². The second kappa shape index (κ2) is 6.04. The zero-order chi connectivity index (χ0) is 14.7. The lowest BCUT2D eigenvalue weighted by atomic mass is 10.2. The minimum Gasteiger partial charge on any atom is -0.497 e. The van der Waals surface area contributed by atoms with Crippen LogP contribution in [0.4, 0.5) is 5.69 Å². The Bertz CT molecular complexity index is 625. The van der Waals surface area contributed by atoms with Gasteiger partial charge in [-0.05, 0) is 28.1 Å². The minimum absolute atomic E-state index is 0.114. The Morgan fingerprint density at radius 2 is 2.20 bits per heavy atom. The van der Waals surface area contributed by atoms with Gasteiger partial charge >= 0.3 is 0 Å². The highest BCUT2D eigenvalue weighted by atomic mass is 79.9. The largest absolute Gasteiger partial charge is 0.497 e. The number of hydrogen-bond acceptors (Lipinski definition) is 4. The molecule has 0 unspecified atom stereocenters. The number of methoxy groups -OCH3 is 1. The summed E-state index contributed by atoms with van der Waals surface area (Å²) in [6.45, 7) is 3.95. The first kappa shape index (κ1) is 14.5. The van der Waals surface area contributed by atoms with Gasteiger partial charge in [-0.15, -0.1) is 5.10 Å². The average Bonchev–Trinajstić information content (AvgIpc) is 2.91. The summed E-state index contributed by atoms with van der Waals surface area (Å²) in [5, 5.41) is 9.40. The highest BCUT2D eigenvalue weighted by Crippen LogP contribution is 2.27. The van der Waals surface area contributed by atoms with E-state index in [-0.39, 0.29) is 17.6 Å². The summed E-state index contributed by atoms with van der Waals surface area (Å²) in [6.07, 6.45) is 0. The number of aromatic amines is 1. The molecule has 0 aliphatic rings. The molecule has 2 N–H and O–H groups in total. The molecule has 1 aromatic carbocycles. The van der Waals surface area contributed by atoms with Crippen molar-refractivity contribution < 1.29 is 9.53 Å². The van der Waals surface area contributed by atoms with Gasteiger partial charge in [-0.25, -0.2) is 4.98 Å². The van der Waals surface area contributed by atoms with Gasteiger partial charge in [0.2, 0.25) is 5.82 Å². The van der Waals surface area contributed by atoms with Gasteiger partial charge in [0.15, 0.2) is 0 Å². The molecule has 6 nitrogen and oxygen atoms in total. The highest BCUT2D eigenvalue weighted by Gasteiger charge is 2.15. The Labute approximate surface area is 125 Å². The Kier molecular flexibility index (Phi) is 4.39. The molecule has 0 fully saturated rings. The van der Waals surface area contributed by atoms with E-state index >= 15 is 0 Å². The second-order valence-corrected chi connectivity index (χ2v) is 5.35. The van der Waals surface area contributed by atoms with Crippen molar-refractivity contribution in [1.82, 2.24) is 15.2 Å². The van der Waals surface area contributed by atoms with E-state index in [1.54, 1.807) is 25.3 Å². The van der Waals surface area contributed by atoms with Crippen LogP contribution in [0.25, 0.3) is 0 Å². The van der Waals surface area contributed by atoms with Gasteiger partial charge in [0.1, 0.15) is 11.6 Å². The molecule has 0 atom stereocenters. The summed E-state index contributed by atoms with van der Waals surface area (Å²) in [4.78, 5) is 16.2. The van der Waals surface area contributed by atoms with Crippen molar-refractivity contribution in [2.75, 3.05) is 12.4 Å². The molecule has 20 heavy (non-hydrogen) atoms. The van der Waals surface area contributed by atoms with Crippen LogP contribution in [0.1, 0.15) is 36.2 Å². The third-order valence-corrected chi connectivity index (χ3v) is 3.37. The number of amides is 1.